The zero-order valence-electron chi connectivity index (χ0n) is 12.7. The van der Waals surface area contributed by atoms with E-state index >= 15 is 0 Å². The molecule has 0 spiro atoms. The molecule has 114 valence electrons. The van der Waals surface area contributed by atoms with Gasteiger partial charge in [0, 0.05) is 41.8 Å². The fourth-order valence-electron chi connectivity index (χ4n) is 1.95. The van der Waals surface area contributed by atoms with Crippen molar-refractivity contribution < 1.29 is 0 Å². The van der Waals surface area contributed by atoms with Crippen LogP contribution in [0.4, 0.5) is 0 Å². The summed E-state index contributed by atoms with van der Waals surface area (Å²) in [6, 6.07) is 6.23. The summed E-state index contributed by atoms with van der Waals surface area (Å²) in [6.07, 6.45) is 4.81. The van der Waals surface area contributed by atoms with E-state index in [1.165, 1.54) is 9.75 Å². The summed E-state index contributed by atoms with van der Waals surface area (Å²) < 4.78 is 1.94. The highest BCUT2D eigenvalue weighted by Crippen LogP contribution is 2.15. The molecule has 0 aromatic carbocycles. The average Bonchev–Trinajstić information content (AvgIpc) is 3.12. The van der Waals surface area contributed by atoms with Gasteiger partial charge in [-0.25, -0.2) is 4.99 Å². The lowest BCUT2D eigenvalue weighted by atomic mass is 10.4. The quantitative estimate of drug-likeness (QED) is 0.469. The van der Waals surface area contributed by atoms with Crippen LogP contribution < -0.4 is 10.6 Å². The SMILES string of the molecule is CCNC(=NCc1ccc(C)s1)NCCCn1cccn1. The third-order valence-electron chi connectivity index (χ3n) is 2.95. The van der Waals surface area contributed by atoms with Gasteiger partial charge in [-0.1, -0.05) is 0 Å². The first-order valence-corrected chi connectivity index (χ1v) is 8.14. The standard InChI is InChI=1S/C15H23N5S/c1-3-16-15(18-12-14-7-6-13(2)21-14)17-8-4-10-20-11-5-9-19-20/h5-7,9,11H,3-4,8,10,12H2,1-2H3,(H2,16,17,18). The minimum Gasteiger partial charge on any atom is -0.357 e. The van der Waals surface area contributed by atoms with Gasteiger partial charge in [0.15, 0.2) is 5.96 Å². The zero-order chi connectivity index (χ0) is 14.9. The van der Waals surface area contributed by atoms with Gasteiger partial charge in [0.25, 0.3) is 0 Å². The largest absolute Gasteiger partial charge is 0.357 e. The summed E-state index contributed by atoms with van der Waals surface area (Å²) in [6.45, 7) is 7.60. The number of aliphatic imine (C=N–C) groups is 1. The third-order valence-corrected chi connectivity index (χ3v) is 3.93. The van der Waals surface area contributed by atoms with Crippen LogP contribution in [-0.4, -0.2) is 28.8 Å². The lowest BCUT2D eigenvalue weighted by molar-refractivity contribution is 0.570. The van der Waals surface area contributed by atoms with E-state index in [-0.39, 0.29) is 0 Å². The Morgan fingerprint density at radius 3 is 2.95 bits per heavy atom. The van der Waals surface area contributed by atoms with Crippen molar-refractivity contribution in [3.05, 3.63) is 40.3 Å². The van der Waals surface area contributed by atoms with Gasteiger partial charge in [-0.3, -0.25) is 4.68 Å². The molecule has 5 nitrogen and oxygen atoms in total. The number of guanidine groups is 1. The number of aromatic nitrogens is 2. The zero-order valence-corrected chi connectivity index (χ0v) is 13.5. The molecule has 2 rings (SSSR count). The molecule has 0 fully saturated rings. The van der Waals surface area contributed by atoms with Crippen LogP contribution in [-0.2, 0) is 13.1 Å². The maximum absolute atomic E-state index is 4.61. The minimum absolute atomic E-state index is 0.729. The van der Waals surface area contributed by atoms with Crippen molar-refractivity contribution in [2.24, 2.45) is 4.99 Å². The summed E-state index contributed by atoms with van der Waals surface area (Å²) in [7, 11) is 0. The first-order valence-electron chi connectivity index (χ1n) is 7.33. The Morgan fingerprint density at radius 1 is 1.38 bits per heavy atom. The van der Waals surface area contributed by atoms with Gasteiger partial charge in [0.1, 0.15) is 0 Å². The molecular formula is C15H23N5S. The highest BCUT2D eigenvalue weighted by atomic mass is 32.1. The molecule has 0 unspecified atom stereocenters. The van der Waals surface area contributed by atoms with Crippen LogP contribution in [0.25, 0.3) is 0 Å². The van der Waals surface area contributed by atoms with E-state index in [0.29, 0.717) is 0 Å². The fourth-order valence-corrected chi connectivity index (χ4v) is 2.76. The molecule has 6 heteroatoms. The maximum Gasteiger partial charge on any atom is 0.191 e. The molecule has 0 amide bonds. The van der Waals surface area contributed by atoms with Gasteiger partial charge in [-0.2, -0.15) is 5.10 Å². The van der Waals surface area contributed by atoms with E-state index in [2.05, 4.69) is 46.7 Å². The Balaban J connectivity index is 1.75. The number of rotatable bonds is 7. The highest BCUT2D eigenvalue weighted by Gasteiger charge is 1.99. The molecule has 0 aliphatic heterocycles. The molecule has 21 heavy (non-hydrogen) atoms. The van der Waals surface area contributed by atoms with Crippen molar-refractivity contribution in [1.29, 1.82) is 0 Å². The van der Waals surface area contributed by atoms with Gasteiger partial charge in [-0.05, 0) is 38.5 Å². The van der Waals surface area contributed by atoms with E-state index in [0.717, 1.165) is 38.6 Å². The first kappa shape index (κ1) is 15.6. The maximum atomic E-state index is 4.61. The topological polar surface area (TPSA) is 54.2 Å². The van der Waals surface area contributed by atoms with Gasteiger partial charge < -0.3 is 10.6 Å². The highest BCUT2D eigenvalue weighted by molar-refractivity contribution is 7.11. The molecule has 2 aromatic heterocycles. The number of nitrogens with one attached hydrogen (secondary N) is 2. The molecule has 0 saturated heterocycles. The number of nitrogens with zero attached hydrogens (tertiary/aromatic N) is 3. The molecule has 0 bridgehead atoms. The second kappa shape index (κ2) is 8.46. The van der Waals surface area contributed by atoms with Gasteiger partial charge in [-0.15, -0.1) is 11.3 Å². The van der Waals surface area contributed by atoms with Crippen molar-refractivity contribution in [3.8, 4) is 0 Å². The smallest absolute Gasteiger partial charge is 0.191 e. The van der Waals surface area contributed by atoms with Crippen LogP contribution >= 0.6 is 11.3 Å². The molecular weight excluding hydrogens is 282 g/mol. The first-order chi connectivity index (χ1) is 10.3. The Kier molecular flexibility index (Phi) is 6.27. The summed E-state index contributed by atoms with van der Waals surface area (Å²) in [5, 5.41) is 10.8. The molecule has 0 aliphatic carbocycles. The van der Waals surface area contributed by atoms with Crippen LogP contribution in [0.1, 0.15) is 23.1 Å². The third kappa shape index (κ3) is 5.59. The van der Waals surface area contributed by atoms with Crippen molar-refractivity contribution in [2.75, 3.05) is 13.1 Å². The molecule has 2 N–H and O–H groups in total. The summed E-state index contributed by atoms with van der Waals surface area (Å²) in [5.41, 5.74) is 0. The molecule has 0 saturated carbocycles. The Hall–Kier alpha value is -1.82. The number of hydrogen-bond donors (Lipinski definition) is 2. The van der Waals surface area contributed by atoms with Crippen molar-refractivity contribution in [3.63, 3.8) is 0 Å². The Labute approximate surface area is 130 Å². The normalized spacial score (nSPS) is 11.6. The number of hydrogen-bond acceptors (Lipinski definition) is 3. The van der Waals surface area contributed by atoms with E-state index in [1.54, 1.807) is 11.3 Å². The predicted octanol–water partition coefficient (Wildman–Crippen LogP) is 2.40. The second-order valence-corrected chi connectivity index (χ2v) is 6.13. The van der Waals surface area contributed by atoms with Crippen molar-refractivity contribution in [1.82, 2.24) is 20.4 Å². The number of aryl methyl sites for hydroxylation is 2. The summed E-state index contributed by atoms with van der Waals surface area (Å²) in [5.74, 6) is 0.879. The molecule has 0 radical (unpaired) electrons. The van der Waals surface area contributed by atoms with Crippen LogP contribution in [0, 0.1) is 6.92 Å². The summed E-state index contributed by atoms with van der Waals surface area (Å²) in [4.78, 5) is 7.24. The molecule has 2 heterocycles. The fraction of sp³-hybridized carbons (Fsp3) is 0.467. The lowest BCUT2D eigenvalue weighted by Gasteiger charge is -2.11. The molecule has 0 atom stereocenters. The van der Waals surface area contributed by atoms with Crippen molar-refractivity contribution in [2.45, 2.75) is 33.4 Å². The van der Waals surface area contributed by atoms with Crippen LogP contribution in [0.3, 0.4) is 0 Å². The molecule has 0 aliphatic rings. The van der Waals surface area contributed by atoms with Crippen LogP contribution in [0.15, 0.2) is 35.6 Å². The lowest BCUT2D eigenvalue weighted by Crippen LogP contribution is -2.38. The second-order valence-electron chi connectivity index (χ2n) is 4.76. The van der Waals surface area contributed by atoms with Gasteiger partial charge >= 0.3 is 0 Å². The van der Waals surface area contributed by atoms with Gasteiger partial charge in [0.2, 0.25) is 0 Å². The summed E-state index contributed by atoms with van der Waals surface area (Å²) >= 11 is 1.80. The van der Waals surface area contributed by atoms with E-state index in [1.807, 2.05) is 23.1 Å². The number of thiophene rings is 1. The average molecular weight is 305 g/mol. The molecule has 2 aromatic rings. The van der Waals surface area contributed by atoms with Gasteiger partial charge in [0.05, 0.1) is 6.54 Å². The minimum atomic E-state index is 0.729. The van der Waals surface area contributed by atoms with Crippen LogP contribution in [0.5, 0.6) is 0 Å². The van der Waals surface area contributed by atoms with E-state index in [4.69, 9.17) is 0 Å². The monoisotopic (exact) mass is 305 g/mol. The van der Waals surface area contributed by atoms with E-state index in [9.17, 15) is 0 Å². The van der Waals surface area contributed by atoms with Crippen molar-refractivity contribution >= 4 is 17.3 Å². The Morgan fingerprint density at radius 2 is 2.29 bits per heavy atom. The van der Waals surface area contributed by atoms with E-state index < -0.39 is 0 Å². The predicted molar refractivity (Wildman–Crippen MR) is 88.7 cm³/mol. The Bertz CT molecular complexity index is 544. The van der Waals surface area contributed by atoms with Crippen LogP contribution in [0.2, 0.25) is 0 Å².